The van der Waals surface area contributed by atoms with Crippen molar-refractivity contribution in [1.82, 2.24) is 9.88 Å². The monoisotopic (exact) mass is 392 g/mol. The molecule has 4 rings (SSSR count). The van der Waals surface area contributed by atoms with E-state index in [1.165, 1.54) is 58.2 Å². The van der Waals surface area contributed by atoms with Gasteiger partial charge < -0.3 is 15.1 Å². The van der Waals surface area contributed by atoms with Gasteiger partial charge in [-0.05, 0) is 81.9 Å². The molecule has 5 heteroatoms. The topological polar surface area (TPSA) is 48.5 Å². The lowest BCUT2D eigenvalue weighted by molar-refractivity contribution is 0.102. The normalized spacial score (nSPS) is 18.6. The van der Waals surface area contributed by atoms with Crippen molar-refractivity contribution >= 4 is 17.4 Å². The molecule has 2 aliphatic heterocycles. The molecule has 0 spiro atoms. The zero-order valence-electron chi connectivity index (χ0n) is 17.2. The van der Waals surface area contributed by atoms with Gasteiger partial charge in [0.15, 0.2) is 5.82 Å². The van der Waals surface area contributed by atoms with Crippen molar-refractivity contribution in [3.8, 4) is 0 Å². The lowest BCUT2D eigenvalue weighted by atomic mass is 9.93. The minimum Gasteiger partial charge on any atom is -0.355 e. The fourth-order valence-electron chi connectivity index (χ4n) is 4.51. The molecule has 0 radical (unpaired) electrons. The maximum atomic E-state index is 12.6. The molecule has 1 N–H and O–H groups in total. The Balaban J connectivity index is 1.32. The van der Waals surface area contributed by atoms with Crippen LogP contribution in [0.1, 0.15) is 48.9 Å². The predicted molar refractivity (Wildman–Crippen MR) is 118 cm³/mol. The van der Waals surface area contributed by atoms with Gasteiger partial charge in [-0.25, -0.2) is 4.98 Å². The quantitative estimate of drug-likeness (QED) is 0.790. The van der Waals surface area contributed by atoms with Crippen molar-refractivity contribution < 1.29 is 4.79 Å². The first-order valence-corrected chi connectivity index (χ1v) is 11.1. The van der Waals surface area contributed by atoms with E-state index >= 15 is 0 Å². The van der Waals surface area contributed by atoms with Crippen LogP contribution in [0.5, 0.6) is 0 Å². The number of amides is 1. The summed E-state index contributed by atoms with van der Waals surface area (Å²) in [6.07, 6.45) is 9.68. The van der Waals surface area contributed by atoms with E-state index in [0.717, 1.165) is 30.5 Å². The number of anilines is 2. The highest BCUT2D eigenvalue weighted by Crippen LogP contribution is 2.29. The second kappa shape index (κ2) is 9.88. The SMILES string of the molecule is O=C(Nc1cccnc1N1CCC(CCN2CCCCC2)CC1)c1ccccc1. The summed E-state index contributed by atoms with van der Waals surface area (Å²) in [6, 6.07) is 13.2. The van der Waals surface area contributed by atoms with Crippen LogP contribution < -0.4 is 10.2 Å². The number of carbonyl (C=O) groups is 1. The van der Waals surface area contributed by atoms with Gasteiger partial charge in [-0.2, -0.15) is 0 Å². The molecule has 2 aliphatic rings. The Kier molecular flexibility index (Phi) is 6.78. The van der Waals surface area contributed by atoms with Gasteiger partial charge in [0, 0.05) is 24.8 Å². The van der Waals surface area contributed by atoms with Crippen LogP contribution in [0, 0.1) is 5.92 Å². The molecule has 0 saturated carbocycles. The highest BCUT2D eigenvalue weighted by atomic mass is 16.1. The number of hydrogen-bond acceptors (Lipinski definition) is 4. The second-order valence-electron chi connectivity index (χ2n) is 8.32. The van der Waals surface area contributed by atoms with Crippen LogP contribution in [-0.4, -0.2) is 48.5 Å². The third-order valence-corrected chi connectivity index (χ3v) is 6.29. The Bertz CT molecular complexity index is 780. The molecule has 29 heavy (non-hydrogen) atoms. The largest absolute Gasteiger partial charge is 0.355 e. The zero-order chi connectivity index (χ0) is 19.9. The van der Waals surface area contributed by atoms with E-state index in [1.807, 2.05) is 48.7 Å². The summed E-state index contributed by atoms with van der Waals surface area (Å²) in [5, 5.41) is 3.05. The van der Waals surface area contributed by atoms with Crippen LogP contribution in [0.3, 0.4) is 0 Å². The van der Waals surface area contributed by atoms with E-state index in [1.54, 1.807) is 0 Å². The Labute approximate surface area is 174 Å². The maximum absolute atomic E-state index is 12.6. The van der Waals surface area contributed by atoms with Gasteiger partial charge in [-0.15, -0.1) is 0 Å². The molecular weight excluding hydrogens is 360 g/mol. The summed E-state index contributed by atoms with van der Waals surface area (Å²) in [5.74, 6) is 1.61. The zero-order valence-corrected chi connectivity index (χ0v) is 17.2. The standard InChI is InChI=1S/C24H32N4O/c29-24(21-8-3-1-4-9-21)26-22-10-7-14-25-23(22)28-18-12-20(13-19-28)11-17-27-15-5-2-6-16-27/h1,3-4,7-10,14,20H,2,5-6,11-13,15-19H2,(H,26,29). The lowest BCUT2D eigenvalue weighted by Crippen LogP contribution is -2.37. The van der Waals surface area contributed by atoms with Crippen LogP contribution in [0.25, 0.3) is 0 Å². The summed E-state index contributed by atoms with van der Waals surface area (Å²) < 4.78 is 0. The molecule has 2 saturated heterocycles. The van der Waals surface area contributed by atoms with Crippen molar-refractivity contribution in [3.63, 3.8) is 0 Å². The molecule has 2 aromatic rings. The Morgan fingerprint density at radius 3 is 2.48 bits per heavy atom. The fraction of sp³-hybridized carbons (Fsp3) is 0.500. The number of rotatable bonds is 6. The number of nitrogens with zero attached hydrogens (tertiary/aromatic N) is 3. The van der Waals surface area contributed by atoms with Crippen molar-refractivity contribution in [2.75, 3.05) is 42.9 Å². The second-order valence-corrected chi connectivity index (χ2v) is 8.32. The first-order valence-electron chi connectivity index (χ1n) is 11.1. The van der Waals surface area contributed by atoms with E-state index in [-0.39, 0.29) is 5.91 Å². The molecule has 1 aromatic heterocycles. The van der Waals surface area contributed by atoms with Crippen LogP contribution in [0.15, 0.2) is 48.7 Å². The Hall–Kier alpha value is -2.40. The number of likely N-dealkylation sites (tertiary alicyclic amines) is 1. The molecule has 0 bridgehead atoms. The van der Waals surface area contributed by atoms with Crippen molar-refractivity contribution in [3.05, 3.63) is 54.2 Å². The number of aromatic nitrogens is 1. The van der Waals surface area contributed by atoms with E-state index in [0.29, 0.717) is 5.56 Å². The van der Waals surface area contributed by atoms with Crippen molar-refractivity contribution in [2.24, 2.45) is 5.92 Å². The number of hydrogen-bond donors (Lipinski definition) is 1. The average Bonchev–Trinajstić information content (AvgIpc) is 2.80. The average molecular weight is 393 g/mol. The molecule has 3 heterocycles. The Morgan fingerprint density at radius 2 is 1.72 bits per heavy atom. The summed E-state index contributed by atoms with van der Waals surface area (Å²) in [5.41, 5.74) is 1.46. The summed E-state index contributed by atoms with van der Waals surface area (Å²) in [7, 11) is 0. The van der Waals surface area contributed by atoms with E-state index in [9.17, 15) is 4.79 Å². The van der Waals surface area contributed by atoms with Crippen LogP contribution in [0.2, 0.25) is 0 Å². The minimum absolute atomic E-state index is 0.0868. The Morgan fingerprint density at radius 1 is 0.966 bits per heavy atom. The van der Waals surface area contributed by atoms with Gasteiger partial charge >= 0.3 is 0 Å². The molecular formula is C24H32N4O. The van der Waals surface area contributed by atoms with Gasteiger partial charge in [0.05, 0.1) is 5.69 Å². The van der Waals surface area contributed by atoms with Crippen LogP contribution in [0.4, 0.5) is 11.5 Å². The van der Waals surface area contributed by atoms with E-state index < -0.39 is 0 Å². The third-order valence-electron chi connectivity index (χ3n) is 6.29. The lowest BCUT2D eigenvalue weighted by Gasteiger charge is -2.35. The minimum atomic E-state index is -0.0868. The molecule has 1 amide bonds. The molecule has 5 nitrogen and oxygen atoms in total. The first-order chi connectivity index (χ1) is 14.3. The summed E-state index contributed by atoms with van der Waals surface area (Å²) in [6.45, 7) is 5.85. The highest BCUT2D eigenvalue weighted by molar-refractivity contribution is 6.05. The number of carbonyl (C=O) groups excluding carboxylic acids is 1. The molecule has 0 atom stereocenters. The van der Waals surface area contributed by atoms with Gasteiger partial charge in [-0.1, -0.05) is 24.6 Å². The van der Waals surface area contributed by atoms with Crippen molar-refractivity contribution in [2.45, 2.75) is 38.5 Å². The number of piperidine rings is 2. The predicted octanol–water partition coefficient (Wildman–Crippen LogP) is 4.43. The molecule has 1 aromatic carbocycles. The maximum Gasteiger partial charge on any atom is 0.255 e. The van der Waals surface area contributed by atoms with E-state index in [2.05, 4.69) is 20.1 Å². The smallest absolute Gasteiger partial charge is 0.255 e. The van der Waals surface area contributed by atoms with Gasteiger partial charge in [0.25, 0.3) is 5.91 Å². The van der Waals surface area contributed by atoms with Crippen molar-refractivity contribution in [1.29, 1.82) is 0 Å². The molecule has 0 unspecified atom stereocenters. The summed E-state index contributed by atoms with van der Waals surface area (Å²) in [4.78, 5) is 22.1. The van der Waals surface area contributed by atoms with Crippen LogP contribution in [-0.2, 0) is 0 Å². The fourth-order valence-corrected chi connectivity index (χ4v) is 4.51. The van der Waals surface area contributed by atoms with Gasteiger partial charge in [-0.3, -0.25) is 4.79 Å². The summed E-state index contributed by atoms with van der Waals surface area (Å²) >= 11 is 0. The number of pyridine rings is 1. The molecule has 0 aliphatic carbocycles. The van der Waals surface area contributed by atoms with Gasteiger partial charge in [0.1, 0.15) is 0 Å². The molecule has 2 fully saturated rings. The highest BCUT2D eigenvalue weighted by Gasteiger charge is 2.23. The van der Waals surface area contributed by atoms with Gasteiger partial charge in [0.2, 0.25) is 0 Å². The van der Waals surface area contributed by atoms with E-state index in [4.69, 9.17) is 0 Å². The number of nitrogens with one attached hydrogen (secondary N) is 1. The first kappa shape index (κ1) is 19.9. The number of benzene rings is 1. The molecule has 154 valence electrons. The third kappa shape index (κ3) is 5.36. The van der Waals surface area contributed by atoms with Crippen LogP contribution >= 0.6 is 0 Å².